The van der Waals surface area contributed by atoms with Gasteiger partial charge in [0, 0.05) is 34.7 Å². The van der Waals surface area contributed by atoms with Crippen LogP contribution in [-0.4, -0.2) is 53.7 Å². The number of halogens is 2. The van der Waals surface area contributed by atoms with E-state index in [9.17, 15) is 18.3 Å². The number of hydrogen-bond acceptors (Lipinski definition) is 7. The lowest BCUT2D eigenvalue weighted by Gasteiger charge is -2.23. The van der Waals surface area contributed by atoms with Gasteiger partial charge < -0.3 is 16.2 Å². The summed E-state index contributed by atoms with van der Waals surface area (Å²) in [5.41, 5.74) is 6.37. The average Bonchev–Trinajstić information content (AvgIpc) is 3.24. The van der Waals surface area contributed by atoms with Crippen molar-refractivity contribution in [1.82, 2.24) is 14.5 Å². The fourth-order valence-electron chi connectivity index (χ4n) is 3.46. The lowest BCUT2D eigenvalue weighted by molar-refractivity contribution is -0.135. The summed E-state index contributed by atoms with van der Waals surface area (Å²) in [6.45, 7) is 0.245. The molecular formula is C22H20Cl2N6O4S. The number of hydrogen-bond donors (Lipinski definition) is 3. The molecule has 10 nitrogen and oxygen atoms in total. The first-order valence-corrected chi connectivity index (χ1v) is 12.5. The molecule has 0 atom stereocenters. The first-order chi connectivity index (χ1) is 16.7. The molecule has 0 saturated carbocycles. The molecule has 2 aromatic carbocycles. The molecule has 0 spiro atoms. The Morgan fingerprint density at radius 1 is 1.09 bits per heavy atom. The molecule has 2 heterocycles. The van der Waals surface area contributed by atoms with Crippen molar-refractivity contribution in [2.45, 2.75) is 4.90 Å². The summed E-state index contributed by atoms with van der Waals surface area (Å²) in [6.07, 6.45) is 4.94. The fourth-order valence-corrected chi connectivity index (χ4v) is 5.60. The molecule has 0 amide bonds. The number of carbonyl (C=O) groups is 1. The van der Waals surface area contributed by atoms with Gasteiger partial charge in [-0.25, -0.2) is 18.4 Å². The number of aliphatic carboxylic acids is 1. The quantitative estimate of drug-likeness (QED) is 0.296. The summed E-state index contributed by atoms with van der Waals surface area (Å²) in [6, 6.07) is 10.4. The largest absolute Gasteiger partial charge is 0.480 e. The Morgan fingerprint density at radius 2 is 1.83 bits per heavy atom. The van der Waals surface area contributed by atoms with Crippen LogP contribution in [0.3, 0.4) is 0 Å². The minimum absolute atomic E-state index is 0.115. The topological polar surface area (TPSA) is 143 Å². The van der Waals surface area contributed by atoms with Crippen LogP contribution in [0.4, 0.5) is 11.5 Å². The van der Waals surface area contributed by atoms with E-state index >= 15 is 0 Å². The summed E-state index contributed by atoms with van der Waals surface area (Å²) in [7, 11) is -4.28. The first-order valence-electron chi connectivity index (χ1n) is 10.3. The van der Waals surface area contributed by atoms with Crippen LogP contribution in [0.15, 0.2) is 66.0 Å². The maximum Gasteiger partial charge on any atom is 0.324 e. The molecule has 0 bridgehead atoms. The highest BCUT2D eigenvalue weighted by Gasteiger charge is 2.28. The summed E-state index contributed by atoms with van der Waals surface area (Å²) < 4.78 is 29.3. The molecule has 0 radical (unpaired) electrons. The van der Waals surface area contributed by atoms with Crippen molar-refractivity contribution in [2.75, 3.05) is 29.3 Å². The minimum atomic E-state index is -4.28. The molecule has 4 N–H and O–H groups in total. The van der Waals surface area contributed by atoms with Crippen LogP contribution < -0.4 is 15.4 Å². The third-order valence-corrected chi connectivity index (χ3v) is 7.19. The van der Waals surface area contributed by atoms with E-state index in [0.717, 1.165) is 9.82 Å². The number of nitrogens with zero attached hydrogens (tertiary/aromatic N) is 4. The lowest BCUT2D eigenvalue weighted by Crippen LogP contribution is -2.35. The molecule has 0 aliphatic rings. The molecule has 0 unspecified atom stereocenters. The zero-order valence-corrected chi connectivity index (χ0v) is 20.4. The van der Waals surface area contributed by atoms with E-state index in [2.05, 4.69) is 15.3 Å². The Morgan fingerprint density at radius 3 is 2.46 bits per heavy atom. The third kappa shape index (κ3) is 5.33. The van der Waals surface area contributed by atoms with Crippen molar-refractivity contribution in [2.24, 2.45) is 5.73 Å². The lowest BCUT2D eigenvalue weighted by atomic mass is 10.2. The van der Waals surface area contributed by atoms with Crippen molar-refractivity contribution in [1.29, 1.82) is 0 Å². The van der Waals surface area contributed by atoms with Gasteiger partial charge in [0.2, 0.25) is 0 Å². The number of sulfonamides is 1. The Balaban J connectivity index is 1.72. The Bertz CT molecular complexity index is 1470. The number of nitrogens with two attached hydrogens (primary N) is 1. The van der Waals surface area contributed by atoms with Gasteiger partial charge >= 0.3 is 5.97 Å². The number of carboxylic acid groups (broad SMARTS) is 1. The van der Waals surface area contributed by atoms with Gasteiger partial charge in [-0.3, -0.25) is 13.7 Å². The predicted octanol–water partition coefficient (Wildman–Crippen LogP) is 3.38. The second-order valence-electron chi connectivity index (χ2n) is 7.41. The first kappa shape index (κ1) is 24.7. The maximum absolute atomic E-state index is 13.4. The van der Waals surface area contributed by atoms with E-state index in [-0.39, 0.29) is 20.6 Å². The Hall–Kier alpha value is -3.38. The van der Waals surface area contributed by atoms with E-state index in [1.54, 1.807) is 41.4 Å². The van der Waals surface area contributed by atoms with Gasteiger partial charge in [0.15, 0.2) is 5.82 Å². The molecule has 35 heavy (non-hydrogen) atoms. The van der Waals surface area contributed by atoms with Crippen LogP contribution in [0, 0.1) is 0 Å². The highest BCUT2D eigenvalue weighted by atomic mass is 35.5. The van der Waals surface area contributed by atoms with Crippen LogP contribution in [-0.2, 0) is 14.8 Å². The van der Waals surface area contributed by atoms with Crippen LogP contribution >= 0.6 is 23.2 Å². The van der Waals surface area contributed by atoms with Crippen LogP contribution in [0.1, 0.15) is 0 Å². The minimum Gasteiger partial charge on any atom is -0.480 e. The van der Waals surface area contributed by atoms with Crippen LogP contribution in [0.2, 0.25) is 10.0 Å². The summed E-state index contributed by atoms with van der Waals surface area (Å²) in [4.78, 5) is 20.1. The Kier molecular flexibility index (Phi) is 7.13. The maximum atomic E-state index is 13.4. The normalized spacial score (nSPS) is 11.5. The number of rotatable bonds is 9. The highest BCUT2D eigenvalue weighted by Crippen LogP contribution is 2.31. The molecule has 4 rings (SSSR count). The van der Waals surface area contributed by atoms with Gasteiger partial charge in [-0.15, -0.1) is 0 Å². The van der Waals surface area contributed by atoms with Gasteiger partial charge in [-0.2, -0.15) is 0 Å². The van der Waals surface area contributed by atoms with E-state index in [1.807, 2.05) is 0 Å². The highest BCUT2D eigenvalue weighted by molar-refractivity contribution is 7.92. The van der Waals surface area contributed by atoms with Gasteiger partial charge in [0.05, 0.1) is 28.5 Å². The van der Waals surface area contributed by atoms with E-state index in [1.165, 1.54) is 24.3 Å². The molecule has 13 heteroatoms. The zero-order chi connectivity index (χ0) is 25.2. The number of nitrogens with one attached hydrogen (secondary N) is 1. The molecule has 0 fully saturated rings. The number of aromatic nitrogens is 3. The van der Waals surface area contributed by atoms with Gasteiger partial charge in [-0.1, -0.05) is 23.2 Å². The molecular weight excluding hydrogens is 515 g/mol. The fraction of sp³-hybridized carbons (Fsp3) is 0.136. The number of benzene rings is 2. The van der Waals surface area contributed by atoms with E-state index in [0.29, 0.717) is 30.1 Å². The van der Waals surface area contributed by atoms with Crippen molar-refractivity contribution in [3.05, 3.63) is 71.1 Å². The van der Waals surface area contributed by atoms with E-state index in [4.69, 9.17) is 28.9 Å². The number of fused-ring (bicyclic) bond motifs is 1. The van der Waals surface area contributed by atoms with Crippen LogP contribution in [0.25, 0.3) is 16.7 Å². The van der Waals surface area contributed by atoms with Crippen molar-refractivity contribution in [3.8, 4) is 5.82 Å². The standard InChI is InChI=1S/C22H20Cl2N6O4S/c23-15-8-16(24)10-18(9-15)35(33,34)30(13-22(31)32)17-1-2-19-14(7-17)3-6-29(19)21-12-27-20(11-28-21)26-5-4-25/h1-3,6-12H,4-5,13,25H2,(H,26,27)(H,31,32). The van der Waals surface area contributed by atoms with Gasteiger partial charge in [-0.05, 0) is 42.5 Å². The van der Waals surface area contributed by atoms with Crippen molar-refractivity contribution >= 4 is 61.6 Å². The summed E-state index contributed by atoms with van der Waals surface area (Å²) in [5, 5.41) is 13.4. The van der Waals surface area contributed by atoms with Crippen LogP contribution in [0.5, 0.6) is 0 Å². The van der Waals surface area contributed by atoms with Crippen molar-refractivity contribution in [3.63, 3.8) is 0 Å². The number of carboxylic acids is 1. The van der Waals surface area contributed by atoms with E-state index < -0.39 is 22.5 Å². The summed E-state index contributed by atoms with van der Waals surface area (Å²) >= 11 is 12.0. The molecule has 0 aliphatic carbocycles. The van der Waals surface area contributed by atoms with Gasteiger partial charge in [0.1, 0.15) is 12.4 Å². The monoisotopic (exact) mass is 534 g/mol. The molecule has 4 aromatic rings. The second-order valence-corrected chi connectivity index (χ2v) is 10.1. The number of anilines is 2. The third-order valence-electron chi connectivity index (χ3n) is 5.00. The summed E-state index contributed by atoms with van der Waals surface area (Å²) in [5.74, 6) is -0.179. The van der Waals surface area contributed by atoms with Crippen molar-refractivity contribution < 1.29 is 18.3 Å². The second kappa shape index (κ2) is 10.1. The predicted molar refractivity (Wildman–Crippen MR) is 135 cm³/mol. The average molecular weight is 535 g/mol. The molecule has 0 aliphatic heterocycles. The SMILES string of the molecule is NCCNc1cnc(-n2ccc3cc(N(CC(=O)O)S(=O)(=O)c4cc(Cl)cc(Cl)c4)ccc32)cn1. The molecule has 0 saturated heterocycles. The van der Waals surface area contributed by atoms with Gasteiger partial charge in [0.25, 0.3) is 10.0 Å². The zero-order valence-electron chi connectivity index (χ0n) is 18.1. The smallest absolute Gasteiger partial charge is 0.324 e. The molecule has 182 valence electrons. The molecule has 2 aromatic heterocycles. The Labute approximate surface area is 211 Å².